The van der Waals surface area contributed by atoms with Crippen LogP contribution in [0.15, 0.2) is 24.3 Å². The molecule has 0 spiro atoms. The zero-order valence-electron chi connectivity index (χ0n) is 17.7. The average Bonchev–Trinajstić information content (AvgIpc) is 2.98. The first-order valence-electron chi connectivity index (χ1n) is 10.3. The lowest BCUT2D eigenvalue weighted by Crippen LogP contribution is -2.42. The Balaban J connectivity index is 1.59. The number of rotatable bonds is 6. The van der Waals surface area contributed by atoms with E-state index in [1.807, 2.05) is 6.07 Å². The molecule has 1 aromatic carbocycles. The van der Waals surface area contributed by atoms with E-state index in [4.69, 9.17) is 4.98 Å². The van der Waals surface area contributed by atoms with Gasteiger partial charge in [-0.3, -0.25) is 0 Å². The molecule has 0 radical (unpaired) electrons. The highest BCUT2D eigenvalue weighted by Crippen LogP contribution is 2.29. The van der Waals surface area contributed by atoms with Gasteiger partial charge >= 0.3 is 0 Å². The van der Waals surface area contributed by atoms with Crippen LogP contribution in [0.25, 0.3) is 11.0 Å². The molecular formula is C21H34N4O2S. The maximum Gasteiger partial charge on any atom is 0.216 e. The summed E-state index contributed by atoms with van der Waals surface area (Å²) in [7, 11) is -3.27. The first-order chi connectivity index (χ1) is 13.1. The van der Waals surface area contributed by atoms with Gasteiger partial charge in [-0.05, 0) is 78.4 Å². The Labute approximate surface area is 169 Å². The number of fused-ring (bicyclic) bond motifs is 1. The van der Waals surface area contributed by atoms with E-state index in [0.717, 1.165) is 42.7 Å². The predicted molar refractivity (Wildman–Crippen MR) is 116 cm³/mol. The summed E-state index contributed by atoms with van der Waals surface area (Å²) in [6.45, 7) is 10.1. The molecule has 1 fully saturated rings. The molecular weight excluding hydrogens is 372 g/mol. The van der Waals surface area contributed by atoms with Gasteiger partial charge in [0.1, 0.15) is 0 Å². The molecule has 1 aromatic heterocycles. The first-order valence-corrected chi connectivity index (χ1v) is 11.8. The van der Waals surface area contributed by atoms with Crippen molar-refractivity contribution < 1.29 is 8.42 Å². The van der Waals surface area contributed by atoms with Crippen LogP contribution in [0.2, 0.25) is 0 Å². The molecule has 1 aliphatic carbocycles. The molecule has 0 unspecified atom stereocenters. The third-order valence-electron chi connectivity index (χ3n) is 5.66. The Hall–Kier alpha value is -1.60. The number of nitrogens with zero attached hydrogens (tertiary/aromatic N) is 2. The first kappa shape index (κ1) is 21.1. The van der Waals surface area contributed by atoms with Gasteiger partial charge in [-0.15, -0.1) is 0 Å². The van der Waals surface area contributed by atoms with Crippen molar-refractivity contribution in [3.05, 3.63) is 24.3 Å². The van der Waals surface area contributed by atoms with Crippen LogP contribution < -0.4 is 10.0 Å². The summed E-state index contributed by atoms with van der Waals surface area (Å²) >= 11 is 0. The standard InChI is InChI=1S/C21H34N4O2S/c1-15(2)25-19-9-7-6-8-18(19)24-20(25)23-17-12-10-16(11-13-17)14-22-28(26,27)21(3,4)5/h6-9,15-17,22H,10-14H2,1-5H3,(H,23,24)/t16-,17-. The van der Waals surface area contributed by atoms with Crippen LogP contribution in [0.4, 0.5) is 5.95 Å². The monoisotopic (exact) mass is 406 g/mol. The van der Waals surface area contributed by atoms with E-state index in [0.29, 0.717) is 24.5 Å². The van der Waals surface area contributed by atoms with Crippen LogP contribution in [0.1, 0.15) is 66.3 Å². The highest BCUT2D eigenvalue weighted by atomic mass is 32.2. The van der Waals surface area contributed by atoms with Gasteiger partial charge in [-0.25, -0.2) is 18.1 Å². The van der Waals surface area contributed by atoms with Gasteiger partial charge in [0.2, 0.25) is 16.0 Å². The van der Waals surface area contributed by atoms with Crippen molar-refractivity contribution >= 4 is 27.0 Å². The van der Waals surface area contributed by atoms with Crippen molar-refractivity contribution in [3.8, 4) is 0 Å². The number of hydrogen-bond donors (Lipinski definition) is 2. The van der Waals surface area contributed by atoms with E-state index in [1.54, 1.807) is 20.8 Å². The Morgan fingerprint density at radius 2 is 1.79 bits per heavy atom. The molecule has 6 nitrogen and oxygen atoms in total. The van der Waals surface area contributed by atoms with E-state index < -0.39 is 14.8 Å². The summed E-state index contributed by atoms with van der Waals surface area (Å²) in [4.78, 5) is 4.80. The fourth-order valence-electron chi connectivity index (χ4n) is 3.81. The van der Waals surface area contributed by atoms with Crippen molar-refractivity contribution in [2.24, 2.45) is 5.92 Å². The number of para-hydroxylation sites is 2. The van der Waals surface area contributed by atoms with E-state index >= 15 is 0 Å². The van der Waals surface area contributed by atoms with Crippen LogP contribution >= 0.6 is 0 Å². The van der Waals surface area contributed by atoms with E-state index in [1.165, 1.54) is 0 Å². The lowest BCUT2D eigenvalue weighted by Gasteiger charge is -2.30. The summed E-state index contributed by atoms with van der Waals surface area (Å²) in [5.41, 5.74) is 2.18. The molecule has 3 rings (SSSR count). The molecule has 1 aliphatic rings. The molecule has 0 saturated heterocycles. The van der Waals surface area contributed by atoms with Crippen molar-refractivity contribution in [2.75, 3.05) is 11.9 Å². The number of anilines is 1. The number of hydrogen-bond acceptors (Lipinski definition) is 4. The summed E-state index contributed by atoms with van der Waals surface area (Å²) in [6.07, 6.45) is 4.10. The van der Waals surface area contributed by atoms with Crippen molar-refractivity contribution in [1.29, 1.82) is 0 Å². The van der Waals surface area contributed by atoms with Gasteiger partial charge in [-0.2, -0.15) is 0 Å². The van der Waals surface area contributed by atoms with Gasteiger partial charge in [-0.1, -0.05) is 12.1 Å². The molecule has 0 atom stereocenters. The molecule has 156 valence electrons. The maximum absolute atomic E-state index is 12.3. The van der Waals surface area contributed by atoms with Crippen LogP contribution in [0.3, 0.4) is 0 Å². The lowest BCUT2D eigenvalue weighted by atomic mass is 9.86. The molecule has 7 heteroatoms. The minimum absolute atomic E-state index is 0.332. The minimum atomic E-state index is -3.27. The Bertz CT molecular complexity index is 904. The van der Waals surface area contributed by atoms with Crippen molar-refractivity contribution in [3.63, 3.8) is 0 Å². The van der Waals surface area contributed by atoms with Crippen molar-refractivity contribution in [1.82, 2.24) is 14.3 Å². The van der Waals surface area contributed by atoms with Gasteiger partial charge < -0.3 is 9.88 Å². The second-order valence-corrected chi connectivity index (χ2v) is 11.7. The largest absolute Gasteiger partial charge is 0.353 e. The predicted octanol–water partition coefficient (Wildman–Crippen LogP) is 4.31. The van der Waals surface area contributed by atoms with E-state index in [2.05, 4.69) is 46.7 Å². The number of imidazole rings is 1. The Kier molecular flexibility index (Phi) is 6.05. The summed E-state index contributed by atoms with van der Waals surface area (Å²) in [5, 5.41) is 3.65. The van der Waals surface area contributed by atoms with Crippen molar-refractivity contribution in [2.45, 2.75) is 77.1 Å². The molecule has 1 saturated carbocycles. The summed E-state index contributed by atoms with van der Waals surface area (Å²) < 4.78 is 28.8. The normalized spacial score (nSPS) is 21.4. The molecule has 0 bridgehead atoms. The number of nitrogens with one attached hydrogen (secondary N) is 2. The number of sulfonamides is 1. The third kappa shape index (κ3) is 4.51. The third-order valence-corrected chi connectivity index (χ3v) is 7.82. The number of benzene rings is 1. The lowest BCUT2D eigenvalue weighted by molar-refractivity contribution is 0.335. The SMILES string of the molecule is CC(C)n1c(N[C@H]2CC[C@H](CNS(=O)(=O)C(C)(C)C)CC2)nc2ccccc21. The topological polar surface area (TPSA) is 76.0 Å². The number of aromatic nitrogens is 2. The van der Waals surface area contributed by atoms with Crippen LogP contribution in [0, 0.1) is 5.92 Å². The minimum Gasteiger partial charge on any atom is -0.353 e. The molecule has 2 N–H and O–H groups in total. The van der Waals surface area contributed by atoms with Gasteiger partial charge in [0.05, 0.1) is 15.8 Å². The molecule has 0 amide bonds. The Morgan fingerprint density at radius 3 is 2.39 bits per heavy atom. The quantitative estimate of drug-likeness (QED) is 0.750. The summed E-state index contributed by atoms with van der Waals surface area (Å²) in [6, 6.07) is 8.95. The highest BCUT2D eigenvalue weighted by Gasteiger charge is 2.30. The van der Waals surface area contributed by atoms with Gasteiger partial charge in [0.25, 0.3) is 0 Å². The molecule has 0 aliphatic heterocycles. The van der Waals surface area contributed by atoms with E-state index in [-0.39, 0.29) is 0 Å². The fourth-order valence-corrected chi connectivity index (χ4v) is 4.69. The average molecular weight is 407 g/mol. The van der Waals surface area contributed by atoms with Crippen LogP contribution in [-0.2, 0) is 10.0 Å². The van der Waals surface area contributed by atoms with Gasteiger partial charge in [0.15, 0.2) is 0 Å². The highest BCUT2D eigenvalue weighted by molar-refractivity contribution is 7.90. The molecule has 28 heavy (non-hydrogen) atoms. The zero-order chi connectivity index (χ0) is 20.5. The fraction of sp³-hybridized carbons (Fsp3) is 0.667. The second kappa shape index (κ2) is 8.03. The van der Waals surface area contributed by atoms with Crippen LogP contribution in [0.5, 0.6) is 0 Å². The Morgan fingerprint density at radius 1 is 1.14 bits per heavy atom. The van der Waals surface area contributed by atoms with Crippen LogP contribution in [-0.4, -0.2) is 35.3 Å². The molecule has 2 aromatic rings. The maximum atomic E-state index is 12.3. The van der Waals surface area contributed by atoms with Gasteiger partial charge in [0, 0.05) is 18.6 Å². The zero-order valence-corrected chi connectivity index (χ0v) is 18.5. The smallest absolute Gasteiger partial charge is 0.216 e. The second-order valence-electron chi connectivity index (χ2n) is 9.21. The summed E-state index contributed by atoms with van der Waals surface area (Å²) in [5.74, 6) is 1.34. The molecule has 1 heterocycles. The van der Waals surface area contributed by atoms with E-state index in [9.17, 15) is 8.42 Å².